The summed E-state index contributed by atoms with van der Waals surface area (Å²) in [5.74, 6) is -0.579. The van der Waals surface area contributed by atoms with Gasteiger partial charge in [-0.2, -0.15) is 13.2 Å². The average Bonchev–Trinajstić information content (AvgIpc) is 2.56. The van der Waals surface area contributed by atoms with E-state index in [4.69, 9.17) is 4.74 Å². The summed E-state index contributed by atoms with van der Waals surface area (Å²) >= 11 is 0. The summed E-state index contributed by atoms with van der Waals surface area (Å²) in [4.78, 5) is 2.07. The molecule has 24 heavy (non-hydrogen) atoms. The summed E-state index contributed by atoms with van der Waals surface area (Å²) in [5, 5.41) is 3.22. The van der Waals surface area contributed by atoms with E-state index in [1.165, 1.54) is 0 Å². The highest BCUT2D eigenvalue weighted by Gasteiger charge is 2.40. The maximum Gasteiger partial charge on any atom is 0.416 e. The molecule has 3 rings (SSSR count). The molecule has 2 fully saturated rings. The predicted octanol–water partition coefficient (Wildman–Crippen LogP) is 3.22. The van der Waals surface area contributed by atoms with E-state index in [9.17, 15) is 17.6 Å². The molecule has 7 heteroatoms. The minimum atomic E-state index is -4.49. The van der Waals surface area contributed by atoms with Crippen LogP contribution in [0.1, 0.15) is 30.0 Å². The van der Waals surface area contributed by atoms with Gasteiger partial charge >= 0.3 is 6.18 Å². The minimum Gasteiger partial charge on any atom is -0.381 e. The molecule has 1 aromatic rings. The first-order chi connectivity index (χ1) is 11.5. The summed E-state index contributed by atoms with van der Waals surface area (Å²) in [6.45, 7) is 3.88. The summed E-state index contributed by atoms with van der Waals surface area (Å²) in [7, 11) is 0. The third-order valence-corrected chi connectivity index (χ3v) is 4.90. The van der Waals surface area contributed by atoms with Crippen LogP contribution in [0.5, 0.6) is 0 Å². The summed E-state index contributed by atoms with van der Waals surface area (Å²) in [6.07, 6.45) is -3.09. The molecular formula is C17H22F4N2O. The Morgan fingerprint density at radius 3 is 2.42 bits per heavy atom. The quantitative estimate of drug-likeness (QED) is 0.851. The molecule has 2 heterocycles. The van der Waals surface area contributed by atoms with Gasteiger partial charge in [-0.05, 0) is 42.5 Å². The van der Waals surface area contributed by atoms with Crippen LogP contribution in [0.3, 0.4) is 0 Å². The van der Waals surface area contributed by atoms with Crippen molar-refractivity contribution in [1.29, 1.82) is 0 Å². The Labute approximate surface area is 139 Å². The van der Waals surface area contributed by atoms with Crippen molar-refractivity contribution in [2.45, 2.75) is 25.1 Å². The van der Waals surface area contributed by atoms with Gasteiger partial charge in [-0.25, -0.2) is 4.39 Å². The number of benzene rings is 1. The molecule has 0 unspecified atom stereocenters. The smallest absolute Gasteiger partial charge is 0.381 e. The molecular weight excluding hydrogens is 324 g/mol. The first-order valence-electron chi connectivity index (χ1n) is 8.36. The second-order valence-corrected chi connectivity index (χ2v) is 6.41. The van der Waals surface area contributed by atoms with Gasteiger partial charge in [-0.1, -0.05) is 0 Å². The molecule has 0 amide bonds. The Morgan fingerprint density at radius 2 is 1.79 bits per heavy atom. The standard InChI is InChI=1S/C17H22F4N2O/c18-13-1-2-15(17(19,20)21)14(11-13)16(12-3-9-24-10-4-12)23-7-5-22-6-8-23/h1-2,11-12,16,22H,3-10H2/t16-/m0/s1. The maximum absolute atomic E-state index is 13.8. The number of ether oxygens (including phenoxy) is 1. The van der Waals surface area contributed by atoms with Crippen molar-refractivity contribution in [2.24, 2.45) is 5.92 Å². The van der Waals surface area contributed by atoms with Crippen LogP contribution in [-0.4, -0.2) is 44.3 Å². The predicted molar refractivity (Wildman–Crippen MR) is 82.1 cm³/mol. The van der Waals surface area contributed by atoms with Crippen molar-refractivity contribution in [3.05, 3.63) is 35.1 Å². The molecule has 0 aliphatic carbocycles. The van der Waals surface area contributed by atoms with E-state index in [0.717, 1.165) is 31.3 Å². The van der Waals surface area contributed by atoms with Crippen LogP contribution in [0.2, 0.25) is 0 Å². The molecule has 3 nitrogen and oxygen atoms in total. The van der Waals surface area contributed by atoms with Crippen molar-refractivity contribution in [3.63, 3.8) is 0 Å². The summed E-state index contributed by atoms with van der Waals surface area (Å²) in [6, 6.07) is 2.42. The molecule has 2 saturated heterocycles. The van der Waals surface area contributed by atoms with Gasteiger partial charge < -0.3 is 10.1 Å². The van der Waals surface area contributed by atoms with Gasteiger partial charge in [-0.15, -0.1) is 0 Å². The fraction of sp³-hybridized carbons (Fsp3) is 0.647. The van der Waals surface area contributed by atoms with Gasteiger partial charge in [0.05, 0.1) is 5.56 Å². The number of halogens is 4. The third kappa shape index (κ3) is 3.90. The zero-order valence-corrected chi connectivity index (χ0v) is 13.4. The van der Waals surface area contributed by atoms with Crippen LogP contribution in [0, 0.1) is 11.7 Å². The monoisotopic (exact) mass is 346 g/mol. The van der Waals surface area contributed by atoms with Crippen molar-refractivity contribution in [3.8, 4) is 0 Å². The highest BCUT2D eigenvalue weighted by molar-refractivity contribution is 5.34. The van der Waals surface area contributed by atoms with Gasteiger partial charge in [-0.3, -0.25) is 4.90 Å². The molecule has 134 valence electrons. The molecule has 2 aliphatic heterocycles. The summed E-state index contributed by atoms with van der Waals surface area (Å²) < 4.78 is 59.7. The minimum absolute atomic E-state index is 0.0414. The van der Waals surface area contributed by atoms with Gasteiger partial charge in [0.25, 0.3) is 0 Å². The zero-order chi connectivity index (χ0) is 17.2. The lowest BCUT2D eigenvalue weighted by Gasteiger charge is -2.42. The Balaban J connectivity index is 2.02. The number of piperazine rings is 1. The lowest BCUT2D eigenvalue weighted by Crippen LogP contribution is -2.48. The van der Waals surface area contributed by atoms with E-state index in [1.807, 2.05) is 0 Å². The molecule has 1 aromatic carbocycles. The van der Waals surface area contributed by atoms with Crippen LogP contribution < -0.4 is 5.32 Å². The number of rotatable bonds is 3. The second-order valence-electron chi connectivity index (χ2n) is 6.41. The first-order valence-corrected chi connectivity index (χ1v) is 8.36. The molecule has 1 atom stereocenters. The number of hydrogen-bond donors (Lipinski definition) is 1. The molecule has 0 spiro atoms. The van der Waals surface area contributed by atoms with Crippen LogP contribution in [0.25, 0.3) is 0 Å². The average molecular weight is 346 g/mol. The fourth-order valence-corrected chi connectivity index (χ4v) is 3.78. The highest BCUT2D eigenvalue weighted by Crippen LogP contribution is 2.42. The Kier molecular flexibility index (Phi) is 5.42. The Bertz CT molecular complexity index is 534. The lowest BCUT2D eigenvalue weighted by atomic mass is 9.83. The number of nitrogens with one attached hydrogen (secondary N) is 1. The number of alkyl halides is 3. The molecule has 0 saturated carbocycles. The topological polar surface area (TPSA) is 24.5 Å². The normalized spacial score (nSPS) is 22.5. The fourth-order valence-electron chi connectivity index (χ4n) is 3.78. The molecule has 0 bridgehead atoms. The van der Waals surface area contributed by atoms with Crippen molar-refractivity contribution >= 4 is 0 Å². The molecule has 2 aliphatic rings. The van der Waals surface area contributed by atoms with Crippen molar-refractivity contribution in [1.82, 2.24) is 10.2 Å². The first kappa shape index (κ1) is 17.6. The number of nitrogens with zero attached hydrogens (tertiary/aromatic N) is 1. The van der Waals surface area contributed by atoms with E-state index >= 15 is 0 Å². The van der Waals surface area contributed by atoms with Crippen LogP contribution in [0.15, 0.2) is 18.2 Å². The van der Waals surface area contributed by atoms with Crippen molar-refractivity contribution in [2.75, 3.05) is 39.4 Å². The largest absolute Gasteiger partial charge is 0.416 e. The second kappa shape index (κ2) is 7.37. The summed E-state index contributed by atoms with van der Waals surface area (Å²) in [5.41, 5.74) is -0.657. The van der Waals surface area contributed by atoms with Crippen LogP contribution >= 0.6 is 0 Å². The van der Waals surface area contributed by atoms with E-state index in [2.05, 4.69) is 10.2 Å². The van der Waals surface area contributed by atoms with Crippen LogP contribution in [0.4, 0.5) is 17.6 Å². The lowest BCUT2D eigenvalue weighted by molar-refractivity contribution is -0.139. The van der Waals surface area contributed by atoms with Crippen molar-refractivity contribution < 1.29 is 22.3 Å². The van der Waals surface area contributed by atoms with E-state index in [0.29, 0.717) is 39.1 Å². The zero-order valence-electron chi connectivity index (χ0n) is 13.4. The number of hydrogen-bond acceptors (Lipinski definition) is 3. The van der Waals surface area contributed by atoms with Gasteiger partial charge in [0, 0.05) is 45.4 Å². The van der Waals surface area contributed by atoms with Crippen LogP contribution in [-0.2, 0) is 10.9 Å². The third-order valence-electron chi connectivity index (χ3n) is 4.90. The Hall–Kier alpha value is -1.18. The molecule has 0 aromatic heterocycles. The SMILES string of the molecule is Fc1ccc(C(F)(F)F)c([C@H](C2CCOCC2)N2CCNCC2)c1. The van der Waals surface area contributed by atoms with E-state index in [1.54, 1.807) is 0 Å². The maximum atomic E-state index is 13.8. The molecule has 0 radical (unpaired) electrons. The Morgan fingerprint density at radius 1 is 1.12 bits per heavy atom. The van der Waals surface area contributed by atoms with Gasteiger partial charge in [0.15, 0.2) is 0 Å². The van der Waals surface area contributed by atoms with Gasteiger partial charge in [0.1, 0.15) is 5.82 Å². The molecule has 1 N–H and O–H groups in total. The van der Waals surface area contributed by atoms with E-state index < -0.39 is 23.6 Å². The van der Waals surface area contributed by atoms with Gasteiger partial charge in [0.2, 0.25) is 0 Å². The highest BCUT2D eigenvalue weighted by atomic mass is 19.4. The van der Waals surface area contributed by atoms with E-state index in [-0.39, 0.29) is 11.5 Å².